The molecule has 0 aliphatic heterocycles. The van der Waals surface area contributed by atoms with Gasteiger partial charge in [-0.15, -0.1) is 0 Å². The number of hydrogen-bond acceptors (Lipinski definition) is 4. The fraction of sp³-hybridized carbons (Fsp3) is 0.286. The summed E-state index contributed by atoms with van der Waals surface area (Å²) >= 11 is 6.38. The lowest BCUT2D eigenvalue weighted by Crippen LogP contribution is -2.15. The molecule has 0 spiro atoms. The van der Waals surface area contributed by atoms with Gasteiger partial charge >= 0.3 is 0 Å². The summed E-state index contributed by atoms with van der Waals surface area (Å²) in [6, 6.07) is 8.19. The van der Waals surface area contributed by atoms with Crippen molar-refractivity contribution in [3.8, 4) is 0 Å². The van der Waals surface area contributed by atoms with Crippen LogP contribution in [0.3, 0.4) is 0 Å². The molecule has 0 bridgehead atoms. The van der Waals surface area contributed by atoms with Crippen LogP contribution in [0.25, 0.3) is 0 Å². The second-order valence-electron chi connectivity index (χ2n) is 4.65. The highest BCUT2D eigenvalue weighted by Crippen LogP contribution is 2.31. The van der Waals surface area contributed by atoms with Gasteiger partial charge in [-0.25, -0.2) is 14.4 Å². The number of benzene rings is 1. The summed E-state index contributed by atoms with van der Waals surface area (Å²) in [6.07, 6.45) is 3.28. The van der Waals surface area contributed by atoms with E-state index in [1.807, 2.05) is 45.0 Å². The molecule has 0 fully saturated rings. The van der Waals surface area contributed by atoms with E-state index < -0.39 is 0 Å². The third-order valence-corrected chi connectivity index (χ3v) is 2.87. The summed E-state index contributed by atoms with van der Waals surface area (Å²) in [7, 11) is 0. The zero-order chi connectivity index (χ0) is 13.8. The fourth-order valence-electron chi connectivity index (χ4n) is 1.72. The lowest BCUT2D eigenvalue weighted by molar-refractivity contribution is 0.885. The van der Waals surface area contributed by atoms with Crippen LogP contribution in [0.1, 0.15) is 19.4 Å². The van der Waals surface area contributed by atoms with Crippen LogP contribution in [0.2, 0.25) is 0 Å². The summed E-state index contributed by atoms with van der Waals surface area (Å²) < 4.78 is 1.52. The van der Waals surface area contributed by atoms with Crippen molar-refractivity contribution < 1.29 is 0 Å². The Kier molecular flexibility index (Phi) is 4.22. The highest BCUT2D eigenvalue weighted by atomic mass is 35.5. The van der Waals surface area contributed by atoms with Crippen LogP contribution in [0.5, 0.6) is 0 Å². The summed E-state index contributed by atoms with van der Waals surface area (Å²) in [5.74, 6) is 1.28. The lowest BCUT2D eigenvalue weighted by atomic mass is 10.2. The number of nitrogens with zero attached hydrogens (tertiary/aromatic N) is 3. The van der Waals surface area contributed by atoms with Gasteiger partial charge in [-0.2, -0.15) is 0 Å². The van der Waals surface area contributed by atoms with Crippen LogP contribution >= 0.6 is 11.8 Å². The highest BCUT2D eigenvalue weighted by molar-refractivity contribution is 6.29. The van der Waals surface area contributed by atoms with Crippen molar-refractivity contribution in [3.63, 3.8) is 0 Å². The monoisotopic (exact) mass is 276 g/mol. The molecule has 0 saturated carbocycles. The van der Waals surface area contributed by atoms with Gasteiger partial charge in [-0.3, -0.25) is 0 Å². The van der Waals surface area contributed by atoms with Gasteiger partial charge in [0.05, 0.1) is 5.69 Å². The van der Waals surface area contributed by atoms with Gasteiger partial charge < -0.3 is 5.32 Å². The molecule has 0 aliphatic rings. The van der Waals surface area contributed by atoms with Crippen LogP contribution in [-0.4, -0.2) is 16.0 Å². The van der Waals surface area contributed by atoms with Crippen molar-refractivity contribution in [2.75, 3.05) is 9.74 Å². The number of rotatable bonds is 4. The van der Waals surface area contributed by atoms with E-state index in [-0.39, 0.29) is 6.04 Å². The molecule has 0 aliphatic carbocycles. The third kappa shape index (κ3) is 3.35. The molecule has 2 rings (SSSR count). The summed E-state index contributed by atoms with van der Waals surface area (Å²) in [4.78, 5) is 8.59. The van der Waals surface area contributed by atoms with Gasteiger partial charge in [0, 0.05) is 30.2 Å². The fourth-order valence-corrected chi connectivity index (χ4v) is 1.95. The minimum Gasteiger partial charge on any atom is -0.365 e. The quantitative estimate of drug-likeness (QED) is 0.860. The molecule has 100 valence electrons. The van der Waals surface area contributed by atoms with Crippen molar-refractivity contribution in [2.24, 2.45) is 0 Å². The molecular weight excluding hydrogens is 260 g/mol. The predicted octanol–water partition coefficient (Wildman–Crippen LogP) is 3.90. The maximum absolute atomic E-state index is 6.38. The molecule has 5 heteroatoms. The van der Waals surface area contributed by atoms with E-state index in [9.17, 15) is 0 Å². The normalized spacial score (nSPS) is 10.6. The lowest BCUT2D eigenvalue weighted by Gasteiger charge is -2.19. The second-order valence-corrected chi connectivity index (χ2v) is 4.99. The first-order chi connectivity index (χ1) is 9.08. The smallest absolute Gasteiger partial charge is 0.191 e. The number of halogens is 1. The summed E-state index contributed by atoms with van der Waals surface area (Å²) in [5.41, 5.74) is 2.01. The summed E-state index contributed by atoms with van der Waals surface area (Å²) in [5, 5.41) is 3.24. The predicted molar refractivity (Wildman–Crippen MR) is 80.0 cm³/mol. The van der Waals surface area contributed by atoms with Crippen LogP contribution in [0.4, 0.5) is 17.3 Å². The Morgan fingerprint density at radius 2 is 1.95 bits per heavy atom. The third-order valence-electron chi connectivity index (χ3n) is 2.52. The van der Waals surface area contributed by atoms with Crippen LogP contribution < -0.4 is 9.74 Å². The Bertz CT molecular complexity index is 557. The number of nitrogens with one attached hydrogen (secondary N) is 1. The molecule has 0 unspecified atom stereocenters. The molecule has 4 nitrogen and oxygen atoms in total. The SMILES string of the molecule is Cc1cccc(N(Cl)c2nccnc2NC(C)C)c1. The van der Waals surface area contributed by atoms with E-state index in [1.165, 1.54) is 4.42 Å². The van der Waals surface area contributed by atoms with E-state index in [4.69, 9.17) is 11.8 Å². The van der Waals surface area contributed by atoms with E-state index in [1.54, 1.807) is 12.4 Å². The molecule has 0 radical (unpaired) electrons. The molecule has 0 saturated heterocycles. The first-order valence-corrected chi connectivity index (χ1v) is 6.52. The van der Waals surface area contributed by atoms with E-state index in [0.717, 1.165) is 11.3 Å². The van der Waals surface area contributed by atoms with Gasteiger partial charge in [0.15, 0.2) is 11.6 Å². The standard InChI is InChI=1S/C14H17ClN4/c1-10(2)18-13-14(17-8-7-16-13)19(15)12-6-4-5-11(3)9-12/h4-10H,1-3H3,(H,16,18). The van der Waals surface area contributed by atoms with Crippen molar-refractivity contribution in [3.05, 3.63) is 42.2 Å². The molecule has 0 amide bonds. The van der Waals surface area contributed by atoms with Gasteiger partial charge in [-0.1, -0.05) is 12.1 Å². The molecule has 1 aromatic heterocycles. The number of aromatic nitrogens is 2. The van der Waals surface area contributed by atoms with E-state index >= 15 is 0 Å². The van der Waals surface area contributed by atoms with Crippen molar-refractivity contribution in [2.45, 2.75) is 26.8 Å². The van der Waals surface area contributed by atoms with Crippen molar-refractivity contribution in [1.29, 1.82) is 0 Å². The molecular formula is C14H17ClN4. The molecule has 1 aromatic carbocycles. The van der Waals surface area contributed by atoms with Gasteiger partial charge in [0.2, 0.25) is 0 Å². The Morgan fingerprint density at radius 3 is 2.63 bits per heavy atom. The first kappa shape index (κ1) is 13.6. The van der Waals surface area contributed by atoms with Crippen LogP contribution in [-0.2, 0) is 0 Å². The number of aryl methyl sites for hydroxylation is 1. The topological polar surface area (TPSA) is 41.1 Å². The second kappa shape index (κ2) is 5.89. The molecule has 1 N–H and O–H groups in total. The largest absolute Gasteiger partial charge is 0.365 e. The Labute approximate surface area is 118 Å². The van der Waals surface area contributed by atoms with Gasteiger partial charge in [0.1, 0.15) is 0 Å². The average Bonchev–Trinajstić information content (AvgIpc) is 2.38. The molecule has 0 atom stereocenters. The Morgan fingerprint density at radius 1 is 1.21 bits per heavy atom. The molecule has 19 heavy (non-hydrogen) atoms. The van der Waals surface area contributed by atoms with E-state index in [2.05, 4.69) is 15.3 Å². The van der Waals surface area contributed by atoms with Crippen molar-refractivity contribution >= 4 is 29.1 Å². The zero-order valence-electron chi connectivity index (χ0n) is 11.3. The van der Waals surface area contributed by atoms with Gasteiger partial charge in [0.25, 0.3) is 0 Å². The Hall–Kier alpha value is -1.81. The number of anilines is 3. The van der Waals surface area contributed by atoms with Gasteiger partial charge in [-0.05, 0) is 38.5 Å². The summed E-state index contributed by atoms with van der Waals surface area (Å²) in [6.45, 7) is 6.12. The molecule has 1 heterocycles. The maximum Gasteiger partial charge on any atom is 0.191 e. The van der Waals surface area contributed by atoms with Crippen molar-refractivity contribution in [1.82, 2.24) is 9.97 Å². The van der Waals surface area contributed by atoms with Crippen LogP contribution in [0, 0.1) is 6.92 Å². The highest BCUT2D eigenvalue weighted by Gasteiger charge is 2.14. The average molecular weight is 277 g/mol. The number of hydrogen-bond donors (Lipinski definition) is 1. The first-order valence-electron chi connectivity index (χ1n) is 6.18. The minimum absolute atomic E-state index is 0.262. The minimum atomic E-state index is 0.262. The van der Waals surface area contributed by atoms with Crippen LogP contribution in [0.15, 0.2) is 36.7 Å². The van der Waals surface area contributed by atoms with E-state index in [0.29, 0.717) is 11.6 Å². The molecule has 2 aromatic rings. The Balaban J connectivity index is 2.35. The maximum atomic E-state index is 6.38. The zero-order valence-corrected chi connectivity index (χ0v) is 12.0.